The van der Waals surface area contributed by atoms with Crippen LogP contribution in [0.3, 0.4) is 0 Å². The predicted octanol–water partition coefficient (Wildman–Crippen LogP) is 2.07. The van der Waals surface area contributed by atoms with Crippen LogP contribution in [0.2, 0.25) is 6.04 Å². The van der Waals surface area contributed by atoms with Crippen molar-refractivity contribution in [2.45, 2.75) is 18.9 Å². The minimum absolute atomic E-state index is 0.329. The molecule has 1 rings (SSSR count). The summed E-state index contributed by atoms with van der Waals surface area (Å²) >= 11 is 1.85. The molecule has 0 unspecified atom stereocenters. The molecule has 1 aliphatic rings. The Balaban J connectivity index is 2.35. The van der Waals surface area contributed by atoms with Crippen LogP contribution >= 0.6 is 11.8 Å². The van der Waals surface area contributed by atoms with Gasteiger partial charge in [-0.1, -0.05) is 0 Å². The zero-order chi connectivity index (χ0) is 18.9. The summed E-state index contributed by atoms with van der Waals surface area (Å²) in [5.41, 5.74) is 0. The summed E-state index contributed by atoms with van der Waals surface area (Å²) in [6.45, 7) is 5.38. The topological polar surface area (TPSA) is 64.6 Å². The van der Waals surface area contributed by atoms with E-state index >= 15 is 0 Å². The van der Waals surface area contributed by atoms with Crippen molar-refractivity contribution in [3.8, 4) is 0 Å². The van der Waals surface area contributed by atoms with E-state index in [4.69, 9.17) is 32.2 Å². The first kappa shape index (κ1) is 24.3. The molecule has 0 spiro atoms. The van der Waals surface area contributed by atoms with Crippen molar-refractivity contribution in [2.24, 2.45) is 5.92 Å². The van der Waals surface area contributed by atoms with E-state index in [9.17, 15) is 0 Å². The van der Waals surface area contributed by atoms with E-state index in [2.05, 4.69) is 0 Å². The quantitative estimate of drug-likeness (QED) is 0.589. The Bertz CT molecular complexity index is 297. The summed E-state index contributed by atoms with van der Waals surface area (Å²) in [6.07, 6.45) is 1.92. The van der Waals surface area contributed by atoms with E-state index in [-0.39, 0.29) is 0 Å². The first-order chi connectivity index (χ1) is 12.8. The Morgan fingerprint density at radius 3 is 1.77 bits per heavy atom. The molecule has 9 heteroatoms. The maximum atomic E-state index is 5.78. The van der Waals surface area contributed by atoms with E-state index in [1.165, 1.54) is 0 Å². The second-order valence-corrected chi connectivity index (χ2v) is 10.4. The molecule has 0 saturated carbocycles. The highest BCUT2D eigenvalue weighted by atomic mass is 32.2. The third-order valence-corrected chi connectivity index (χ3v) is 7.97. The van der Waals surface area contributed by atoms with Crippen LogP contribution in [0.25, 0.3) is 0 Å². The maximum Gasteiger partial charge on any atom is 0.500 e. The number of thioether (sulfide) groups is 1. The zero-order valence-electron chi connectivity index (χ0n) is 16.5. The molecule has 0 aliphatic carbocycles. The minimum atomic E-state index is -2.50. The first-order valence-corrected chi connectivity index (χ1v) is 12.4. The lowest BCUT2D eigenvalue weighted by Gasteiger charge is -2.25. The fourth-order valence-electron chi connectivity index (χ4n) is 2.66. The Hall–Kier alpha value is 0.287. The summed E-state index contributed by atoms with van der Waals surface area (Å²) < 4.78 is 39.2. The van der Waals surface area contributed by atoms with Crippen LogP contribution in [-0.2, 0) is 32.2 Å². The van der Waals surface area contributed by atoms with Gasteiger partial charge in [-0.3, -0.25) is 0 Å². The van der Waals surface area contributed by atoms with Crippen molar-refractivity contribution in [3.05, 3.63) is 0 Å². The summed E-state index contributed by atoms with van der Waals surface area (Å²) in [5, 5.41) is 0. The molecule has 0 bridgehead atoms. The average molecular weight is 413 g/mol. The van der Waals surface area contributed by atoms with Crippen molar-refractivity contribution < 1.29 is 32.2 Å². The van der Waals surface area contributed by atoms with Gasteiger partial charge in [-0.25, -0.2) is 0 Å². The van der Waals surface area contributed by atoms with Crippen LogP contribution in [0.4, 0.5) is 0 Å². The monoisotopic (exact) mass is 412 g/mol. The molecular formula is C17H36O7SSi. The van der Waals surface area contributed by atoms with Gasteiger partial charge in [-0.2, -0.15) is 11.8 Å². The summed E-state index contributed by atoms with van der Waals surface area (Å²) in [5.74, 6) is 2.31. The number of rotatable bonds is 7. The number of ether oxygens (including phenoxy) is 4. The third-order valence-electron chi connectivity index (χ3n) is 4.22. The van der Waals surface area contributed by atoms with Gasteiger partial charge in [-0.15, -0.1) is 0 Å². The molecule has 1 saturated heterocycles. The van der Waals surface area contributed by atoms with E-state index < -0.39 is 8.80 Å². The number of hydrogen-bond donors (Lipinski definition) is 0. The van der Waals surface area contributed by atoms with Crippen molar-refractivity contribution in [3.63, 3.8) is 0 Å². The lowest BCUT2D eigenvalue weighted by atomic mass is 10.1. The Morgan fingerprint density at radius 1 is 0.769 bits per heavy atom. The molecule has 0 radical (unpaired) electrons. The van der Waals surface area contributed by atoms with Gasteiger partial charge in [0.2, 0.25) is 0 Å². The first-order valence-electron chi connectivity index (χ1n) is 9.30. The normalized spacial score (nSPS) is 20.9. The minimum Gasteiger partial charge on any atom is -0.379 e. The lowest BCUT2D eigenvalue weighted by Crippen LogP contribution is -2.42. The molecule has 1 aliphatic heterocycles. The molecule has 156 valence electrons. The highest BCUT2D eigenvalue weighted by Gasteiger charge is 2.37. The maximum absolute atomic E-state index is 5.78. The van der Waals surface area contributed by atoms with Crippen LogP contribution in [-0.4, -0.2) is 94.5 Å². The van der Waals surface area contributed by atoms with Crippen LogP contribution < -0.4 is 0 Å². The van der Waals surface area contributed by atoms with Crippen LogP contribution in [0.1, 0.15) is 12.8 Å². The summed E-state index contributed by atoms with van der Waals surface area (Å²) in [7, 11) is 2.44. The van der Waals surface area contributed by atoms with Gasteiger partial charge in [0.25, 0.3) is 0 Å². The molecular weight excluding hydrogens is 376 g/mol. The van der Waals surface area contributed by atoms with E-state index in [1.54, 1.807) is 21.3 Å². The second-order valence-electron chi connectivity index (χ2n) is 6.04. The molecule has 0 atom stereocenters. The fraction of sp³-hybridized carbons (Fsp3) is 1.00. The van der Waals surface area contributed by atoms with Gasteiger partial charge in [0.05, 0.1) is 52.9 Å². The molecule has 1 heterocycles. The van der Waals surface area contributed by atoms with Gasteiger partial charge < -0.3 is 32.2 Å². The SMILES string of the molecule is CO[Si](CCCC1COCCOCCSCCOCCOC1)(OC)OC. The van der Waals surface area contributed by atoms with Gasteiger partial charge in [-0.05, 0) is 12.8 Å². The lowest BCUT2D eigenvalue weighted by molar-refractivity contribution is -0.00357. The van der Waals surface area contributed by atoms with E-state index in [1.807, 2.05) is 11.8 Å². The standard InChI is InChI=1S/C17H36O7SSi/c1-18-26(19-2,20-3)14-4-5-17-15-23-8-6-21-10-12-25-13-11-22-7-9-24-16-17/h17H,4-16H2,1-3H3. The Morgan fingerprint density at radius 2 is 1.27 bits per heavy atom. The van der Waals surface area contributed by atoms with Gasteiger partial charge in [0, 0.05) is 44.8 Å². The van der Waals surface area contributed by atoms with Crippen LogP contribution in [0.15, 0.2) is 0 Å². The van der Waals surface area contributed by atoms with E-state index in [0.717, 1.165) is 43.6 Å². The summed E-state index contributed by atoms with van der Waals surface area (Å²) in [6, 6.07) is 0.789. The van der Waals surface area contributed by atoms with Crippen LogP contribution in [0.5, 0.6) is 0 Å². The molecule has 0 amide bonds. The highest BCUT2D eigenvalue weighted by molar-refractivity contribution is 7.99. The molecule has 0 aromatic rings. The highest BCUT2D eigenvalue weighted by Crippen LogP contribution is 2.19. The average Bonchev–Trinajstić information content (AvgIpc) is 2.67. The smallest absolute Gasteiger partial charge is 0.379 e. The molecule has 0 aromatic carbocycles. The Kier molecular flexibility index (Phi) is 15.2. The zero-order valence-corrected chi connectivity index (χ0v) is 18.4. The van der Waals surface area contributed by atoms with Crippen molar-refractivity contribution in [2.75, 3.05) is 85.7 Å². The second kappa shape index (κ2) is 16.3. The van der Waals surface area contributed by atoms with Gasteiger partial charge >= 0.3 is 8.80 Å². The van der Waals surface area contributed by atoms with Crippen molar-refractivity contribution in [1.82, 2.24) is 0 Å². The van der Waals surface area contributed by atoms with Crippen molar-refractivity contribution in [1.29, 1.82) is 0 Å². The predicted molar refractivity (Wildman–Crippen MR) is 105 cm³/mol. The molecule has 0 N–H and O–H groups in total. The number of hydrogen-bond acceptors (Lipinski definition) is 8. The van der Waals surface area contributed by atoms with Gasteiger partial charge in [0.1, 0.15) is 0 Å². The molecule has 26 heavy (non-hydrogen) atoms. The largest absolute Gasteiger partial charge is 0.500 e. The third kappa shape index (κ3) is 11.2. The van der Waals surface area contributed by atoms with Crippen LogP contribution in [0, 0.1) is 5.92 Å². The van der Waals surface area contributed by atoms with E-state index in [0.29, 0.717) is 45.6 Å². The molecule has 7 nitrogen and oxygen atoms in total. The molecule has 0 aromatic heterocycles. The molecule has 1 fully saturated rings. The Labute approximate surface area is 163 Å². The van der Waals surface area contributed by atoms with Crippen molar-refractivity contribution >= 4 is 20.6 Å². The fourth-order valence-corrected chi connectivity index (χ4v) is 5.08. The van der Waals surface area contributed by atoms with Gasteiger partial charge in [0.15, 0.2) is 0 Å². The summed E-state index contributed by atoms with van der Waals surface area (Å²) in [4.78, 5) is 0.